The highest BCUT2D eigenvalue weighted by Gasteiger charge is 2.64. The molecule has 0 radical (unpaired) electrons. The van der Waals surface area contributed by atoms with Crippen LogP contribution in [0.2, 0.25) is 0 Å². The monoisotopic (exact) mass is 302 g/mol. The summed E-state index contributed by atoms with van der Waals surface area (Å²) in [4.78, 5) is 10.8. The van der Waals surface area contributed by atoms with Gasteiger partial charge in [0.2, 0.25) is 0 Å². The molecule has 0 aromatic carbocycles. The first-order chi connectivity index (χ1) is 10.3. The lowest BCUT2D eigenvalue weighted by atomic mass is 9.50. The Balaban J connectivity index is 1.76. The van der Waals surface area contributed by atoms with Crippen molar-refractivity contribution in [1.29, 1.82) is 0 Å². The molecule has 3 saturated carbocycles. The first kappa shape index (κ1) is 15.8. The normalized spacial score (nSPS) is 44.2. The molecule has 0 aromatic heterocycles. The molecule has 3 aliphatic carbocycles. The Bertz CT molecular complexity index is 532. The Morgan fingerprint density at radius 2 is 2.09 bits per heavy atom. The maximum absolute atomic E-state index is 10.8. The molecule has 2 nitrogen and oxygen atoms in total. The van der Waals surface area contributed by atoms with Crippen molar-refractivity contribution in [3.8, 4) is 0 Å². The van der Waals surface area contributed by atoms with Crippen LogP contribution >= 0.6 is 0 Å². The van der Waals surface area contributed by atoms with Crippen LogP contribution in [0.15, 0.2) is 23.8 Å². The quantitative estimate of drug-likeness (QED) is 0.572. The van der Waals surface area contributed by atoms with Crippen molar-refractivity contribution in [1.82, 2.24) is 0 Å². The SMILES string of the molecule is C=C1CC[C@@H]2[C@]3(C)C[C@@H]3CC[C@@]2(C)[C@@H]1CC/C(C)=C/C(=O)O. The Kier molecular flexibility index (Phi) is 3.78. The van der Waals surface area contributed by atoms with Gasteiger partial charge >= 0.3 is 5.97 Å². The van der Waals surface area contributed by atoms with Gasteiger partial charge in [0.15, 0.2) is 0 Å². The van der Waals surface area contributed by atoms with Crippen molar-refractivity contribution in [2.24, 2.45) is 28.6 Å². The second kappa shape index (κ2) is 5.25. The summed E-state index contributed by atoms with van der Waals surface area (Å²) in [5.41, 5.74) is 3.39. The molecule has 0 spiro atoms. The summed E-state index contributed by atoms with van der Waals surface area (Å²) >= 11 is 0. The average Bonchev–Trinajstić information content (AvgIpc) is 3.08. The maximum atomic E-state index is 10.8. The lowest BCUT2D eigenvalue weighted by molar-refractivity contribution is -0.131. The Morgan fingerprint density at radius 1 is 1.36 bits per heavy atom. The predicted molar refractivity (Wildman–Crippen MR) is 89.5 cm³/mol. The smallest absolute Gasteiger partial charge is 0.328 e. The molecule has 3 rings (SSSR count). The van der Waals surface area contributed by atoms with Crippen molar-refractivity contribution < 1.29 is 9.90 Å². The van der Waals surface area contributed by atoms with Crippen molar-refractivity contribution in [2.75, 3.05) is 0 Å². The number of fused-ring (bicyclic) bond motifs is 3. The van der Waals surface area contributed by atoms with Crippen molar-refractivity contribution in [3.05, 3.63) is 23.8 Å². The van der Waals surface area contributed by atoms with E-state index in [0.717, 1.165) is 30.3 Å². The Labute approximate surface area is 134 Å². The van der Waals surface area contributed by atoms with Gasteiger partial charge in [-0.15, -0.1) is 0 Å². The van der Waals surface area contributed by atoms with E-state index in [-0.39, 0.29) is 0 Å². The fraction of sp³-hybridized carbons (Fsp3) is 0.750. The zero-order valence-corrected chi connectivity index (χ0v) is 14.3. The third kappa shape index (κ3) is 2.45. The molecule has 1 N–H and O–H groups in total. The molecular formula is C20H30O2. The number of aliphatic carboxylic acids is 1. The number of carboxylic acid groups (broad SMARTS) is 1. The van der Waals surface area contributed by atoms with E-state index in [2.05, 4.69) is 20.4 Å². The van der Waals surface area contributed by atoms with Gasteiger partial charge in [-0.05, 0) is 80.5 Å². The minimum absolute atomic E-state index is 0.389. The number of rotatable bonds is 4. The van der Waals surface area contributed by atoms with Crippen LogP contribution in [0.3, 0.4) is 0 Å². The standard InChI is InChI=1S/C20H30O2/c1-13(11-18(21)22)5-7-16-14(2)6-8-17-19(16,3)10-9-15-12-20(15,17)4/h11,15-17H,2,5-10,12H2,1,3-4H3,(H,21,22)/b13-11+/t15-,16+,17-,19-,20+/m0/s1. The fourth-order valence-electron chi connectivity index (χ4n) is 5.98. The average molecular weight is 302 g/mol. The zero-order valence-electron chi connectivity index (χ0n) is 14.3. The van der Waals surface area contributed by atoms with E-state index in [9.17, 15) is 4.79 Å². The molecular weight excluding hydrogens is 272 g/mol. The molecule has 2 heteroatoms. The highest BCUT2D eigenvalue weighted by molar-refractivity contribution is 5.80. The van der Waals surface area contributed by atoms with Gasteiger partial charge < -0.3 is 5.11 Å². The number of hydrogen-bond acceptors (Lipinski definition) is 1. The lowest BCUT2D eigenvalue weighted by Crippen LogP contribution is -2.46. The summed E-state index contributed by atoms with van der Waals surface area (Å²) in [6, 6.07) is 0. The van der Waals surface area contributed by atoms with E-state index in [1.165, 1.54) is 43.8 Å². The van der Waals surface area contributed by atoms with Gasteiger partial charge in [-0.25, -0.2) is 4.79 Å². The molecule has 22 heavy (non-hydrogen) atoms. The highest BCUT2D eigenvalue weighted by atomic mass is 16.4. The summed E-state index contributed by atoms with van der Waals surface area (Å²) in [7, 11) is 0. The van der Waals surface area contributed by atoms with Crippen molar-refractivity contribution in [2.45, 2.75) is 65.7 Å². The van der Waals surface area contributed by atoms with Crippen LogP contribution in [0.1, 0.15) is 65.7 Å². The molecule has 0 unspecified atom stereocenters. The van der Waals surface area contributed by atoms with Crippen LogP contribution in [0.25, 0.3) is 0 Å². The summed E-state index contributed by atoms with van der Waals surface area (Å²) in [5, 5.41) is 8.89. The highest BCUT2D eigenvalue weighted by Crippen LogP contribution is 2.73. The molecule has 0 aliphatic heterocycles. The minimum atomic E-state index is -0.824. The van der Waals surface area contributed by atoms with Gasteiger partial charge in [-0.1, -0.05) is 31.6 Å². The molecule has 0 aromatic rings. The molecule has 0 saturated heterocycles. The van der Waals surface area contributed by atoms with Gasteiger partial charge in [0, 0.05) is 6.08 Å². The van der Waals surface area contributed by atoms with E-state index in [1.807, 2.05) is 6.92 Å². The first-order valence-corrected chi connectivity index (χ1v) is 8.85. The van der Waals surface area contributed by atoms with Crippen LogP contribution in [0.5, 0.6) is 0 Å². The van der Waals surface area contributed by atoms with Crippen molar-refractivity contribution >= 4 is 5.97 Å². The second-order valence-electron chi connectivity index (χ2n) is 8.62. The van der Waals surface area contributed by atoms with Gasteiger partial charge in [0.05, 0.1) is 0 Å². The molecule has 5 atom stereocenters. The van der Waals surface area contributed by atoms with Crippen LogP contribution in [-0.2, 0) is 4.79 Å². The predicted octanol–water partition coefficient (Wildman–Crippen LogP) is 5.21. The van der Waals surface area contributed by atoms with E-state index in [1.54, 1.807) is 0 Å². The van der Waals surface area contributed by atoms with Crippen molar-refractivity contribution in [3.63, 3.8) is 0 Å². The summed E-state index contributed by atoms with van der Waals surface area (Å²) in [5.74, 6) is 1.57. The summed E-state index contributed by atoms with van der Waals surface area (Å²) in [6.45, 7) is 11.4. The van der Waals surface area contributed by atoms with Gasteiger partial charge in [0.1, 0.15) is 0 Å². The van der Waals surface area contributed by atoms with Crippen LogP contribution < -0.4 is 0 Å². The molecule has 3 fully saturated rings. The summed E-state index contributed by atoms with van der Waals surface area (Å²) < 4.78 is 0. The largest absolute Gasteiger partial charge is 0.478 e. The van der Waals surface area contributed by atoms with E-state index in [0.29, 0.717) is 16.7 Å². The summed E-state index contributed by atoms with van der Waals surface area (Å²) in [6.07, 6.45) is 9.98. The van der Waals surface area contributed by atoms with Gasteiger partial charge in [0.25, 0.3) is 0 Å². The number of allylic oxidation sites excluding steroid dienone is 2. The minimum Gasteiger partial charge on any atom is -0.478 e. The first-order valence-electron chi connectivity index (χ1n) is 8.85. The van der Waals surface area contributed by atoms with E-state index in [4.69, 9.17) is 5.11 Å². The molecule has 3 aliphatic rings. The lowest BCUT2D eigenvalue weighted by Gasteiger charge is -2.54. The fourth-order valence-corrected chi connectivity index (χ4v) is 5.98. The number of carboxylic acids is 1. The van der Waals surface area contributed by atoms with E-state index >= 15 is 0 Å². The van der Waals surface area contributed by atoms with Gasteiger partial charge in [-0.2, -0.15) is 0 Å². The Morgan fingerprint density at radius 3 is 2.77 bits per heavy atom. The number of hydrogen-bond donors (Lipinski definition) is 1. The van der Waals surface area contributed by atoms with Gasteiger partial charge in [-0.3, -0.25) is 0 Å². The molecule has 0 heterocycles. The molecule has 0 amide bonds. The van der Waals surface area contributed by atoms with Crippen LogP contribution in [-0.4, -0.2) is 11.1 Å². The zero-order chi connectivity index (χ0) is 16.1. The Hall–Kier alpha value is -1.05. The topological polar surface area (TPSA) is 37.3 Å². The van der Waals surface area contributed by atoms with E-state index < -0.39 is 5.97 Å². The molecule has 122 valence electrons. The molecule has 0 bridgehead atoms. The van der Waals surface area contributed by atoms with Crippen LogP contribution in [0, 0.1) is 28.6 Å². The third-order valence-corrected chi connectivity index (χ3v) is 7.32. The maximum Gasteiger partial charge on any atom is 0.328 e. The number of carbonyl (C=O) groups is 1. The second-order valence-corrected chi connectivity index (χ2v) is 8.62. The van der Waals surface area contributed by atoms with Crippen LogP contribution in [0.4, 0.5) is 0 Å². The third-order valence-electron chi connectivity index (χ3n) is 7.32.